The van der Waals surface area contributed by atoms with Crippen molar-refractivity contribution in [3.63, 3.8) is 0 Å². The number of aryl methyl sites for hydroxylation is 1. The van der Waals surface area contributed by atoms with Gasteiger partial charge < -0.3 is 19.5 Å². The molecule has 0 spiro atoms. The Morgan fingerprint density at radius 1 is 1.04 bits per heavy atom. The summed E-state index contributed by atoms with van der Waals surface area (Å²) in [6.07, 6.45) is 0.997. The number of anilines is 1. The minimum absolute atomic E-state index is 0.593. The van der Waals surface area contributed by atoms with E-state index in [0.29, 0.717) is 19.8 Å². The molecule has 1 aliphatic heterocycles. The highest BCUT2D eigenvalue weighted by Crippen LogP contribution is 2.33. The molecule has 1 aromatic heterocycles. The summed E-state index contributed by atoms with van der Waals surface area (Å²) in [7, 11) is 3.32. The maximum absolute atomic E-state index is 5.73. The molecule has 2 aromatic carbocycles. The van der Waals surface area contributed by atoms with E-state index in [-0.39, 0.29) is 0 Å². The van der Waals surface area contributed by atoms with Crippen LogP contribution in [0.5, 0.6) is 11.5 Å². The lowest BCUT2D eigenvalue weighted by atomic mass is 10.0. The summed E-state index contributed by atoms with van der Waals surface area (Å²) >= 11 is 0. The van der Waals surface area contributed by atoms with Gasteiger partial charge in [0.2, 0.25) is 0 Å². The number of methoxy groups -OCH3 is 2. The average Bonchev–Trinajstić information content (AvgIpc) is 3.21. The van der Waals surface area contributed by atoms with E-state index in [0.717, 1.165) is 40.4 Å². The number of benzene rings is 2. The number of hydrogen-bond acceptors (Lipinski definition) is 5. The molecule has 4 rings (SSSR count). The van der Waals surface area contributed by atoms with Gasteiger partial charge in [-0.2, -0.15) is 0 Å². The summed E-state index contributed by atoms with van der Waals surface area (Å²) in [6.45, 7) is 4.01. The second kappa shape index (κ2) is 7.45. The summed E-state index contributed by atoms with van der Waals surface area (Å²) < 4.78 is 16.5. The molecule has 5 heteroatoms. The topological polar surface area (TPSA) is 52.6 Å². The summed E-state index contributed by atoms with van der Waals surface area (Å²) in [5, 5.41) is 4.68. The molecular weight excluding hydrogens is 340 g/mol. The molecule has 2 heterocycles. The Bertz CT molecular complexity index is 985. The van der Waals surface area contributed by atoms with E-state index in [1.165, 1.54) is 16.5 Å². The number of nitrogens with zero attached hydrogens (tertiary/aromatic N) is 1. The van der Waals surface area contributed by atoms with Crippen LogP contribution >= 0.6 is 0 Å². The molecule has 1 N–H and O–H groups in total. The molecule has 140 valence electrons. The summed E-state index contributed by atoms with van der Waals surface area (Å²) in [4.78, 5) is 4.90. The zero-order valence-corrected chi connectivity index (χ0v) is 16.0. The fourth-order valence-corrected chi connectivity index (χ4v) is 3.54. The third kappa shape index (κ3) is 3.30. The normalized spacial score (nSPS) is 12.9. The molecule has 0 amide bonds. The maximum Gasteiger partial charge on any atom is 0.132 e. The molecule has 5 nitrogen and oxygen atoms in total. The van der Waals surface area contributed by atoms with Crippen LogP contribution in [-0.4, -0.2) is 19.2 Å². The Balaban J connectivity index is 1.68. The van der Waals surface area contributed by atoms with Gasteiger partial charge >= 0.3 is 0 Å². The molecule has 0 bridgehead atoms. The number of ether oxygens (including phenoxy) is 3. The molecule has 1 aliphatic rings. The standard InChI is InChI=1S/C22H24N2O3/c1-4-14-5-8-17-18-12-27-13-19(18)22(24-20(17)9-14)23-11-15-6-7-16(25-2)10-21(15)26-3/h5-10H,4,11-13H2,1-3H3,(H,23,24). The predicted octanol–water partition coefficient (Wildman–Crippen LogP) is 4.46. The number of rotatable bonds is 6. The Labute approximate surface area is 159 Å². The Kier molecular flexibility index (Phi) is 4.86. The van der Waals surface area contributed by atoms with E-state index in [4.69, 9.17) is 19.2 Å². The van der Waals surface area contributed by atoms with Gasteiger partial charge in [-0.15, -0.1) is 0 Å². The van der Waals surface area contributed by atoms with E-state index < -0.39 is 0 Å². The minimum Gasteiger partial charge on any atom is -0.497 e. The zero-order chi connectivity index (χ0) is 18.8. The van der Waals surface area contributed by atoms with E-state index in [1.54, 1.807) is 14.2 Å². The number of aromatic nitrogens is 1. The number of pyridine rings is 1. The second-order valence-corrected chi connectivity index (χ2v) is 6.65. The molecule has 0 fully saturated rings. The summed E-state index contributed by atoms with van der Waals surface area (Å²) in [5.74, 6) is 2.46. The van der Waals surface area contributed by atoms with Crippen molar-refractivity contribution in [1.82, 2.24) is 4.98 Å². The maximum atomic E-state index is 5.73. The third-order valence-electron chi connectivity index (χ3n) is 5.11. The summed E-state index contributed by atoms with van der Waals surface area (Å²) in [5.41, 5.74) is 5.75. The SMILES string of the molecule is CCc1ccc2c3c(c(NCc4ccc(OC)cc4OC)nc2c1)COC3. The van der Waals surface area contributed by atoms with Crippen LogP contribution in [0.15, 0.2) is 36.4 Å². The van der Waals surface area contributed by atoms with Crippen LogP contribution in [0.2, 0.25) is 0 Å². The van der Waals surface area contributed by atoms with Gasteiger partial charge in [0.05, 0.1) is 33.0 Å². The van der Waals surface area contributed by atoms with Crippen molar-refractivity contribution in [2.75, 3.05) is 19.5 Å². The first-order chi connectivity index (χ1) is 13.2. The van der Waals surface area contributed by atoms with Gasteiger partial charge in [0.1, 0.15) is 17.3 Å². The van der Waals surface area contributed by atoms with E-state index in [9.17, 15) is 0 Å². The van der Waals surface area contributed by atoms with Crippen LogP contribution < -0.4 is 14.8 Å². The van der Waals surface area contributed by atoms with Gasteiger partial charge in [-0.3, -0.25) is 0 Å². The van der Waals surface area contributed by atoms with Crippen molar-refractivity contribution < 1.29 is 14.2 Å². The first-order valence-electron chi connectivity index (χ1n) is 9.20. The third-order valence-corrected chi connectivity index (χ3v) is 5.11. The van der Waals surface area contributed by atoms with Crippen molar-refractivity contribution in [3.05, 3.63) is 58.7 Å². The zero-order valence-electron chi connectivity index (χ0n) is 16.0. The molecule has 0 unspecified atom stereocenters. The first kappa shape index (κ1) is 17.6. The fourth-order valence-electron chi connectivity index (χ4n) is 3.54. The molecule has 0 saturated heterocycles. The lowest BCUT2D eigenvalue weighted by Crippen LogP contribution is -2.07. The highest BCUT2D eigenvalue weighted by atomic mass is 16.5. The van der Waals surface area contributed by atoms with Gasteiger partial charge in [0.15, 0.2) is 0 Å². The Hall–Kier alpha value is -2.79. The molecule has 0 radical (unpaired) electrons. The van der Waals surface area contributed by atoms with E-state index in [1.807, 2.05) is 18.2 Å². The lowest BCUT2D eigenvalue weighted by molar-refractivity contribution is 0.135. The predicted molar refractivity (Wildman–Crippen MR) is 106 cm³/mol. The molecule has 27 heavy (non-hydrogen) atoms. The van der Waals surface area contributed by atoms with Crippen LogP contribution in [0, 0.1) is 0 Å². The van der Waals surface area contributed by atoms with Gasteiger partial charge in [-0.1, -0.05) is 19.1 Å². The second-order valence-electron chi connectivity index (χ2n) is 6.65. The molecule has 0 aliphatic carbocycles. The van der Waals surface area contributed by atoms with E-state index >= 15 is 0 Å². The van der Waals surface area contributed by atoms with E-state index in [2.05, 4.69) is 30.4 Å². The van der Waals surface area contributed by atoms with Crippen molar-refractivity contribution in [2.45, 2.75) is 33.1 Å². The van der Waals surface area contributed by atoms with Crippen molar-refractivity contribution >= 4 is 16.7 Å². The minimum atomic E-state index is 0.593. The van der Waals surface area contributed by atoms with Crippen LogP contribution in [-0.2, 0) is 30.9 Å². The highest BCUT2D eigenvalue weighted by molar-refractivity contribution is 5.86. The van der Waals surface area contributed by atoms with Crippen molar-refractivity contribution in [3.8, 4) is 11.5 Å². The Morgan fingerprint density at radius 3 is 2.67 bits per heavy atom. The smallest absolute Gasteiger partial charge is 0.132 e. The van der Waals surface area contributed by atoms with Gasteiger partial charge in [-0.05, 0) is 35.7 Å². The highest BCUT2D eigenvalue weighted by Gasteiger charge is 2.20. The molecule has 0 atom stereocenters. The number of hydrogen-bond donors (Lipinski definition) is 1. The van der Waals surface area contributed by atoms with Gasteiger partial charge in [-0.25, -0.2) is 4.98 Å². The molecule has 0 saturated carbocycles. The Morgan fingerprint density at radius 2 is 1.89 bits per heavy atom. The van der Waals surface area contributed by atoms with Crippen LogP contribution in [0.1, 0.15) is 29.2 Å². The van der Waals surface area contributed by atoms with Crippen LogP contribution in [0.4, 0.5) is 5.82 Å². The fraction of sp³-hybridized carbons (Fsp3) is 0.318. The molecule has 3 aromatic rings. The van der Waals surface area contributed by atoms with Crippen molar-refractivity contribution in [2.24, 2.45) is 0 Å². The van der Waals surface area contributed by atoms with Crippen LogP contribution in [0.3, 0.4) is 0 Å². The number of nitrogens with one attached hydrogen (secondary N) is 1. The molecular formula is C22H24N2O3. The lowest BCUT2D eigenvalue weighted by Gasteiger charge is -2.15. The van der Waals surface area contributed by atoms with Gasteiger partial charge in [0.25, 0.3) is 0 Å². The average molecular weight is 364 g/mol. The summed E-state index contributed by atoms with van der Waals surface area (Å²) in [6, 6.07) is 12.4. The largest absolute Gasteiger partial charge is 0.497 e. The first-order valence-corrected chi connectivity index (χ1v) is 9.20. The van der Waals surface area contributed by atoms with Crippen molar-refractivity contribution in [1.29, 1.82) is 0 Å². The quantitative estimate of drug-likeness (QED) is 0.700. The monoisotopic (exact) mass is 364 g/mol. The van der Waals surface area contributed by atoms with Gasteiger partial charge in [0, 0.05) is 29.1 Å². The number of fused-ring (bicyclic) bond motifs is 3. The van der Waals surface area contributed by atoms with Crippen LogP contribution in [0.25, 0.3) is 10.9 Å².